The van der Waals surface area contributed by atoms with Crippen molar-refractivity contribution < 1.29 is 4.79 Å². The van der Waals surface area contributed by atoms with Gasteiger partial charge in [-0.1, -0.05) is 28.5 Å². The molecule has 1 saturated heterocycles. The first-order chi connectivity index (χ1) is 16.6. The maximum Gasteiger partial charge on any atom is 0.252 e. The highest BCUT2D eigenvalue weighted by molar-refractivity contribution is 7.51. The zero-order valence-corrected chi connectivity index (χ0v) is 21.4. The van der Waals surface area contributed by atoms with Crippen LogP contribution in [0.3, 0.4) is 0 Å². The number of rotatable bonds is 5. The summed E-state index contributed by atoms with van der Waals surface area (Å²) in [5.41, 5.74) is 5.55. The van der Waals surface area contributed by atoms with Crippen LogP contribution >= 0.6 is 8.58 Å². The molecular formula is C27H34N5OP. The molecule has 0 bridgehead atoms. The predicted molar refractivity (Wildman–Crippen MR) is 142 cm³/mol. The number of amides is 1. The van der Waals surface area contributed by atoms with Crippen LogP contribution in [0, 0.1) is 19.8 Å². The van der Waals surface area contributed by atoms with Crippen molar-refractivity contribution >= 4 is 25.4 Å². The number of hydrogen-bond acceptors (Lipinski definition) is 4. The van der Waals surface area contributed by atoms with E-state index in [1.165, 1.54) is 18.5 Å². The predicted octanol–water partition coefficient (Wildman–Crippen LogP) is 4.08. The van der Waals surface area contributed by atoms with Crippen molar-refractivity contribution in [2.75, 3.05) is 32.7 Å². The molecule has 34 heavy (non-hydrogen) atoms. The van der Waals surface area contributed by atoms with Crippen LogP contribution in [-0.2, 0) is 11.2 Å². The van der Waals surface area contributed by atoms with E-state index >= 15 is 0 Å². The van der Waals surface area contributed by atoms with Gasteiger partial charge >= 0.3 is 0 Å². The third-order valence-electron chi connectivity index (χ3n) is 6.56. The highest BCUT2D eigenvalue weighted by Crippen LogP contribution is 2.45. The van der Waals surface area contributed by atoms with Gasteiger partial charge in [-0.25, -0.2) is 4.98 Å². The highest BCUT2D eigenvalue weighted by atomic mass is 31.1. The van der Waals surface area contributed by atoms with Gasteiger partial charge in [0.15, 0.2) is 0 Å². The summed E-state index contributed by atoms with van der Waals surface area (Å²) in [5.74, 6) is 0.188. The van der Waals surface area contributed by atoms with Crippen LogP contribution in [0.25, 0.3) is 11.0 Å². The summed E-state index contributed by atoms with van der Waals surface area (Å²) in [7, 11) is 0.530. The second-order valence-electron chi connectivity index (χ2n) is 8.86. The van der Waals surface area contributed by atoms with E-state index in [1.807, 2.05) is 17.9 Å². The SMILES string of the molecule is C#C.CCCN1CCN(C2=CN3C(=O)C=C(c4cc(CC)c5nc(C)cn5c4)PC3C=C2)CC1. The highest BCUT2D eigenvalue weighted by Gasteiger charge is 2.30. The second-order valence-corrected chi connectivity index (χ2v) is 10.3. The average Bonchev–Trinajstić information content (AvgIpc) is 3.25. The number of pyridine rings is 1. The van der Waals surface area contributed by atoms with Gasteiger partial charge in [0.1, 0.15) is 5.65 Å². The minimum Gasteiger partial charge on any atom is -0.368 e. The van der Waals surface area contributed by atoms with Crippen molar-refractivity contribution in [3.05, 3.63) is 65.4 Å². The second kappa shape index (κ2) is 10.6. The van der Waals surface area contributed by atoms with Crippen LogP contribution in [0.1, 0.15) is 37.1 Å². The van der Waals surface area contributed by atoms with E-state index in [-0.39, 0.29) is 11.7 Å². The largest absolute Gasteiger partial charge is 0.368 e. The van der Waals surface area contributed by atoms with E-state index in [0.29, 0.717) is 8.58 Å². The van der Waals surface area contributed by atoms with Gasteiger partial charge in [-0.15, -0.1) is 12.8 Å². The van der Waals surface area contributed by atoms with Gasteiger partial charge in [-0.2, -0.15) is 0 Å². The van der Waals surface area contributed by atoms with Crippen molar-refractivity contribution in [2.24, 2.45) is 0 Å². The van der Waals surface area contributed by atoms with E-state index in [4.69, 9.17) is 0 Å². The number of imidazole rings is 1. The Morgan fingerprint density at radius 3 is 2.62 bits per heavy atom. The molecule has 0 aliphatic carbocycles. The van der Waals surface area contributed by atoms with Gasteiger partial charge in [0, 0.05) is 50.8 Å². The Hall–Kier alpha value is -2.87. The zero-order valence-electron chi connectivity index (χ0n) is 20.4. The van der Waals surface area contributed by atoms with Crippen molar-refractivity contribution in [2.45, 2.75) is 39.4 Å². The smallest absolute Gasteiger partial charge is 0.252 e. The standard InChI is InChI=1S/C25H32N5OP.C2H2/c1-4-8-27-9-11-28(12-10-27)21-6-7-24-30(17-21)23(31)14-22(32-24)20-13-19(5-2)25-26-18(3)15-29(25)16-20;1-2/h6-7,13-17,24,32H,4-5,8-12H2,1-3H3;1-2H. The number of fused-ring (bicyclic) bond motifs is 2. The fourth-order valence-electron chi connectivity index (χ4n) is 4.86. The molecule has 2 aromatic rings. The summed E-state index contributed by atoms with van der Waals surface area (Å²) in [4.78, 5) is 24.7. The lowest BCUT2D eigenvalue weighted by Gasteiger charge is -2.40. The molecule has 1 fully saturated rings. The summed E-state index contributed by atoms with van der Waals surface area (Å²) >= 11 is 0. The number of piperazine rings is 1. The summed E-state index contributed by atoms with van der Waals surface area (Å²) in [6.07, 6.45) is 22.7. The Morgan fingerprint density at radius 1 is 1.15 bits per heavy atom. The summed E-state index contributed by atoms with van der Waals surface area (Å²) in [6.45, 7) is 11.8. The first-order valence-electron chi connectivity index (χ1n) is 12.1. The van der Waals surface area contributed by atoms with Crippen LogP contribution in [0.15, 0.2) is 48.6 Å². The Labute approximate surface area is 204 Å². The van der Waals surface area contributed by atoms with Crippen LogP contribution in [0.5, 0.6) is 0 Å². The van der Waals surface area contributed by atoms with Crippen LogP contribution < -0.4 is 0 Å². The van der Waals surface area contributed by atoms with Crippen molar-refractivity contribution in [1.29, 1.82) is 0 Å². The fraction of sp³-hybridized carbons (Fsp3) is 0.407. The molecule has 5 heterocycles. The molecule has 0 N–H and O–H groups in total. The third kappa shape index (κ3) is 4.82. The van der Waals surface area contributed by atoms with Crippen LogP contribution in [0.4, 0.5) is 0 Å². The molecule has 178 valence electrons. The Bertz CT molecular complexity index is 1170. The normalized spacial score (nSPS) is 21.2. The lowest BCUT2D eigenvalue weighted by molar-refractivity contribution is -0.123. The van der Waals surface area contributed by atoms with E-state index in [1.54, 1.807) is 0 Å². The molecule has 3 aliphatic rings. The van der Waals surface area contributed by atoms with E-state index in [2.05, 4.69) is 82.7 Å². The van der Waals surface area contributed by atoms with Gasteiger partial charge in [-0.05, 0) is 54.9 Å². The third-order valence-corrected chi connectivity index (χ3v) is 8.07. The molecule has 0 radical (unpaired) electrons. The van der Waals surface area contributed by atoms with Crippen LogP contribution in [0.2, 0.25) is 0 Å². The quantitative estimate of drug-likeness (QED) is 0.483. The van der Waals surface area contributed by atoms with Gasteiger partial charge in [-0.3, -0.25) is 9.69 Å². The number of aromatic nitrogens is 2. The minimum absolute atomic E-state index is 0.0789. The molecule has 1 amide bonds. The molecule has 7 heteroatoms. The molecule has 0 aromatic carbocycles. The number of nitrogens with zero attached hydrogens (tertiary/aromatic N) is 5. The number of terminal acetylenes is 1. The molecular weight excluding hydrogens is 441 g/mol. The van der Waals surface area contributed by atoms with Gasteiger partial charge in [0.2, 0.25) is 0 Å². The number of hydrogen-bond donors (Lipinski definition) is 0. The Morgan fingerprint density at radius 2 is 1.91 bits per heavy atom. The van der Waals surface area contributed by atoms with E-state index in [9.17, 15) is 4.79 Å². The molecule has 2 aromatic heterocycles. The summed E-state index contributed by atoms with van der Waals surface area (Å²) in [5, 5.41) is 1.13. The average molecular weight is 476 g/mol. The molecule has 2 unspecified atom stereocenters. The molecule has 2 atom stereocenters. The van der Waals surface area contributed by atoms with E-state index < -0.39 is 0 Å². The van der Waals surface area contributed by atoms with Gasteiger partial charge in [0.05, 0.1) is 17.2 Å². The molecule has 0 spiro atoms. The fourth-order valence-corrected chi connectivity index (χ4v) is 6.23. The minimum atomic E-state index is 0.0789. The van der Waals surface area contributed by atoms with Gasteiger partial charge in [0.25, 0.3) is 5.91 Å². The number of carbonyl (C=O) groups is 1. The molecule has 0 saturated carbocycles. The summed E-state index contributed by atoms with van der Waals surface area (Å²) < 4.78 is 2.11. The first-order valence-corrected chi connectivity index (χ1v) is 13.1. The topological polar surface area (TPSA) is 44.1 Å². The van der Waals surface area contributed by atoms with Crippen molar-refractivity contribution in [1.82, 2.24) is 24.1 Å². The molecule has 5 rings (SSSR count). The van der Waals surface area contributed by atoms with Crippen molar-refractivity contribution in [3.8, 4) is 12.8 Å². The lowest BCUT2D eigenvalue weighted by Crippen LogP contribution is -2.47. The first kappa shape index (κ1) is 24.3. The maximum atomic E-state index is 13.1. The molecule has 3 aliphatic heterocycles. The number of allylic oxidation sites excluding steroid dienone is 1. The molecule has 6 nitrogen and oxygen atoms in total. The Kier molecular flexibility index (Phi) is 7.56. The maximum absolute atomic E-state index is 13.1. The van der Waals surface area contributed by atoms with Gasteiger partial charge < -0.3 is 14.2 Å². The number of aryl methyl sites for hydroxylation is 2. The zero-order chi connectivity index (χ0) is 24.2. The summed E-state index contributed by atoms with van der Waals surface area (Å²) in [6, 6.07) is 2.22. The van der Waals surface area contributed by atoms with Crippen molar-refractivity contribution in [3.63, 3.8) is 0 Å². The Balaban J connectivity index is 0.00000133. The monoisotopic (exact) mass is 475 g/mol. The van der Waals surface area contributed by atoms with E-state index in [0.717, 1.165) is 60.5 Å². The lowest BCUT2D eigenvalue weighted by atomic mass is 10.1. The van der Waals surface area contributed by atoms with Crippen LogP contribution in [-0.4, -0.2) is 68.5 Å². The number of carbonyl (C=O) groups excluding carboxylic acids is 1.